The molecule has 2 rings (SSSR count). The summed E-state index contributed by atoms with van der Waals surface area (Å²) in [5.74, 6) is -1.31. The van der Waals surface area contributed by atoms with Crippen molar-refractivity contribution >= 4 is 29.2 Å². The number of nitrogens with zero attached hydrogens (tertiary/aromatic N) is 1. The smallest absolute Gasteiger partial charge is 0.337 e. The van der Waals surface area contributed by atoms with Crippen molar-refractivity contribution in [1.29, 1.82) is 0 Å². The molecule has 2 aromatic rings. The SMILES string of the molecule is COC(=O)c1ccc(NC(=O)/C(C)=C/C(=O)Nc2cccnc2)cc1. The lowest BCUT2D eigenvalue weighted by Gasteiger charge is -2.07. The number of hydrogen-bond acceptors (Lipinski definition) is 5. The van der Waals surface area contributed by atoms with E-state index in [1.54, 1.807) is 30.5 Å². The number of carbonyl (C=O) groups excluding carboxylic acids is 3. The van der Waals surface area contributed by atoms with E-state index in [0.29, 0.717) is 16.9 Å². The van der Waals surface area contributed by atoms with Crippen LogP contribution in [-0.4, -0.2) is 29.9 Å². The molecule has 1 aromatic carbocycles. The topological polar surface area (TPSA) is 97.4 Å². The summed E-state index contributed by atoms with van der Waals surface area (Å²) in [7, 11) is 1.29. The van der Waals surface area contributed by atoms with Crippen LogP contribution in [0, 0.1) is 0 Å². The van der Waals surface area contributed by atoms with Crippen molar-refractivity contribution in [2.75, 3.05) is 17.7 Å². The number of aromatic nitrogens is 1. The molecule has 0 spiro atoms. The predicted molar refractivity (Wildman–Crippen MR) is 93.0 cm³/mol. The Morgan fingerprint density at radius 2 is 1.76 bits per heavy atom. The minimum atomic E-state index is -0.457. The maximum atomic E-state index is 12.1. The number of hydrogen-bond donors (Lipinski definition) is 2. The second-order valence-electron chi connectivity index (χ2n) is 5.08. The van der Waals surface area contributed by atoms with Gasteiger partial charge in [-0.05, 0) is 43.3 Å². The van der Waals surface area contributed by atoms with Gasteiger partial charge in [-0.2, -0.15) is 0 Å². The summed E-state index contributed by atoms with van der Waals surface area (Å²) in [6.45, 7) is 1.53. The largest absolute Gasteiger partial charge is 0.465 e. The molecule has 2 N–H and O–H groups in total. The lowest BCUT2D eigenvalue weighted by molar-refractivity contribution is -0.114. The van der Waals surface area contributed by atoms with E-state index in [2.05, 4.69) is 20.4 Å². The average molecular weight is 339 g/mol. The van der Waals surface area contributed by atoms with Crippen molar-refractivity contribution in [3.8, 4) is 0 Å². The Balaban J connectivity index is 1.97. The van der Waals surface area contributed by atoms with Gasteiger partial charge >= 0.3 is 5.97 Å². The molecule has 2 amide bonds. The van der Waals surface area contributed by atoms with Gasteiger partial charge in [0.05, 0.1) is 24.6 Å². The van der Waals surface area contributed by atoms with Crippen LogP contribution in [0.5, 0.6) is 0 Å². The molecule has 7 heteroatoms. The molecule has 128 valence electrons. The summed E-state index contributed by atoms with van der Waals surface area (Å²) in [5.41, 5.74) is 1.65. The van der Waals surface area contributed by atoms with Crippen LogP contribution < -0.4 is 10.6 Å². The molecule has 0 atom stereocenters. The minimum absolute atomic E-state index is 0.235. The molecule has 7 nitrogen and oxygen atoms in total. The number of rotatable bonds is 5. The van der Waals surface area contributed by atoms with Crippen molar-refractivity contribution < 1.29 is 19.1 Å². The molecule has 0 aliphatic heterocycles. The monoisotopic (exact) mass is 339 g/mol. The highest BCUT2D eigenvalue weighted by atomic mass is 16.5. The zero-order valence-electron chi connectivity index (χ0n) is 13.8. The number of anilines is 2. The van der Waals surface area contributed by atoms with E-state index in [-0.39, 0.29) is 5.57 Å². The molecular weight excluding hydrogens is 322 g/mol. The molecule has 1 aromatic heterocycles. The number of methoxy groups -OCH3 is 1. The number of ether oxygens (including phenoxy) is 1. The summed E-state index contributed by atoms with van der Waals surface area (Å²) in [5, 5.41) is 5.25. The van der Waals surface area contributed by atoms with Crippen molar-refractivity contribution in [2.24, 2.45) is 0 Å². The first-order valence-electron chi connectivity index (χ1n) is 7.38. The van der Waals surface area contributed by atoms with Gasteiger partial charge in [0, 0.05) is 23.5 Å². The molecule has 25 heavy (non-hydrogen) atoms. The van der Waals surface area contributed by atoms with Crippen LogP contribution in [0.25, 0.3) is 0 Å². The summed E-state index contributed by atoms with van der Waals surface area (Å²) >= 11 is 0. The predicted octanol–water partition coefficient (Wildman–Crippen LogP) is 2.39. The highest BCUT2D eigenvalue weighted by Crippen LogP contribution is 2.12. The molecule has 0 radical (unpaired) electrons. The number of nitrogens with one attached hydrogen (secondary N) is 2. The first-order valence-corrected chi connectivity index (χ1v) is 7.38. The van der Waals surface area contributed by atoms with Gasteiger partial charge in [-0.1, -0.05) is 0 Å². The molecule has 0 aliphatic carbocycles. The number of amides is 2. The number of benzene rings is 1. The van der Waals surface area contributed by atoms with Gasteiger partial charge in [-0.15, -0.1) is 0 Å². The maximum Gasteiger partial charge on any atom is 0.337 e. The molecule has 0 bridgehead atoms. The van der Waals surface area contributed by atoms with Gasteiger partial charge in [0.1, 0.15) is 0 Å². The molecule has 0 saturated heterocycles. The van der Waals surface area contributed by atoms with Crippen LogP contribution in [0.1, 0.15) is 17.3 Å². The van der Waals surface area contributed by atoms with Crippen LogP contribution >= 0.6 is 0 Å². The van der Waals surface area contributed by atoms with Gasteiger partial charge in [-0.25, -0.2) is 4.79 Å². The third kappa shape index (κ3) is 5.28. The van der Waals surface area contributed by atoms with E-state index < -0.39 is 17.8 Å². The first kappa shape index (κ1) is 17.9. The fourth-order valence-corrected chi connectivity index (χ4v) is 1.91. The summed E-state index contributed by atoms with van der Waals surface area (Å²) in [6.07, 6.45) is 4.30. The lowest BCUT2D eigenvalue weighted by Crippen LogP contribution is -2.16. The standard InChI is InChI=1S/C18H17N3O4/c1-12(10-16(22)20-15-4-3-9-19-11-15)17(23)21-14-7-5-13(6-8-14)18(24)25-2/h3-11H,1-2H3,(H,20,22)(H,21,23)/b12-10+. The van der Waals surface area contributed by atoms with Crippen LogP contribution in [0.15, 0.2) is 60.4 Å². The molecule has 1 heterocycles. The van der Waals surface area contributed by atoms with Crippen LogP contribution in [-0.2, 0) is 14.3 Å². The van der Waals surface area contributed by atoms with E-state index in [1.807, 2.05) is 0 Å². The third-order valence-electron chi connectivity index (χ3n) is 3.20. The normalized spacial score (nSPS) is 10.7. The summed E-state index contributed by atoms with van der Waals surface area (Å²) in [4.78, 5) is 39.2. The fourth-order valence-electron chi connectivity index (χ4n) is 1.91. The Kier molecular flexibility index (Phi) is 6.00. The number of pyridine rings is 1. The molecule has 0 saturated carbocycles. The van der Waals surface area contributed by atoms with E-state index >= 15 is 0 Å². The van der Waals surface area contributed by atoms with E-state index in [1.165, 1.54) is 38.4 Å². The van der Waals surface area contributed by atoms with Gasteiger partial charge < -0.3 is 15.4 Å². The van der Waals surface area contributed by atoms with Gasteiger partial charge in [0.25, 0.3) is 5.91 Å². The average Bonchev–Trinajstić information content (AvgIpc) is 2.62. The molecule has 0 aliphatic rings. The zero-order chi connectivity index (χ0) is 18.2. The molecule has 0 unspecified atom stereocenters. The Morgan fingerprint density at radius 3 is 2.36 bits per heavy atom. The van der Waals surface area contributed by atoms with E-state index in [4.69, 9.17) is 0 Å². The number of carbonyl (C=O) groups is 3. The number of esters is 1. The third-order valence-corrected chi connectivity index (χ3v) is 3.20. The Morgan fingerprint density at radius 1 is 1.04 bits per heavy atom. The highest BCUT2D eigenvalue weighted by Gasteiger charge is 2.09. The lowest BCUT2D eigenvalue weighted by atomic mass is 10.2. The highest BCUT2D eigenvalue weighted by molar-refractivity contribution is 6.10. The van der Waals surface area contributed by atoms with Gasteiger partial charge in [-0.3, -0.25) is 14.6 Å². The van der Waals surface area contributed by atoms with Gasteiger partial charge in [0.15, 0.2) is 0 Å². The first-order chi connectivity index (χ1) is 12.0. The van der Waals surface area contributed by atoms with Gasteiger partial charge in [0.2, 0.25) is 5.91 Å². The zero-order valence-corrected chi connectivity index (χ0v) is 13.8. The van der Waals surface area contributed by atoms with E-state index in [9.17, 15) is 14.4 Å². The van der Waals surface area contributed by atoms with Crippen molar-refractivity contribution in [3.63, 3.8) is 0 Å². The second kappa shape index (κ2) is 8.39. The summed E-state index contributed by atoms with van der Waals surface area (Å²) < 4.78 is 4.60. The van der Waals surface area contributed by atoms with E-state index in [0.717, 1.165) is 0 Å². The van der Waals surface area contributed by atoms with Crippen molar-refractivity contribution in [2.45, 2.75) is 6.92 Å². The Hall–Kier alpha value is -3.48. The van der Waals surface area contributed by atoms with Crippen molar-refractivity contribution in [3.05, 3.63) is 66.0 Å². The Labute approximate surface area is 144 Å². The van der Waals surface area contributed by atoms with Crippen LogP contribution in [0.3, 0.4) is 0 Å². The van der Waals surface area contributed by atoms with Crippen molar-refractivity contribution in [1.82, 2.24) is 4.98 Å². The maximum absolute atomic E-state index is 12.1. The van der Waals surface area contributed by atoms with Crippen LogP contribution in [0.2, 0.25) is 0 Å². The second-order valence-corrected chi connectivity index (χ2v) is 5.08. The fraction of sp³-hybridized carbons (Fsp3) is 0.111. The van der Waals surface area contributed by atoms with Crippen LogP contribution in [0.4, 0.5) is 11.4 Å². The minimum Gasteiger partial charge on any atom is -0.465 e. The summed E-state index contributed by atoms with van der Waals surface area (Å²) in [6, 6.07) is 9.61. The quantitative estimate of drug-likeness (QED) is 0.644. The Bertz CT molecular complexity index is 799. The molecule has 0 fully saturated rings. The molecular formula is C18H17N3O4.